The van der Waals surface area contributed by atoms with Gasteiger partial charge in [0.25, 0.3) is 11.8 Å². The third-order valence-electron chi connectivity index (χ3n) is 4.99. The average Bonchev–Trinajstić information content (AvgIpc) is 2.87. The molecular weight excluding hydrogens is 462 g/mol. The fraction of sp³-hybridized carbons (Fsp3) is 0.222. The van der Waals surface area contributed by atoms with Gasteiger partial charge in [0.15, 0.2) is 5.11 Å². The minimum Gasteiger partial charge on any atom is -0.491 e. The van der Waals surface area contributed by atoms with Crippen molar-refractivity contribution in [2.75, 3.05) is 31.7 Å². The zero-order valence-electron chi connectivity index (χ0n) is 19.6. The van der Waals surface area contributed by atoms with Crippen LogP contribution in [-0.4, -0.2) is 43.3 Å². The molecule has 0 aromatic heterocycles. The first-order valence-corrected chi connectivity index (χ1v) is 11.8. The summed E-state index contributed by atoms with van der Waals surface area (Å²) in [7, 11) is 0. The molecule has 8 heteroatoms. The Bertz CT molecular complexity index is 1140. The molecule has 35 heavy (non-hydrogen) atoms. The Morgan fingerprint density at radius 3 is 2.46 bits per heavy atom. The molecule has 0 aliphatic heterocycles. The molecule has 0 bridgehead atoms. The number of benzene rings is 3. The van der Waals surface area contributed by atoms with Crippen molar-refractivity contribution in [1.29, 1.82) is 0 Å². The van der Waals surface area contributed by atoms with Crippen LogP contribution in [0.15, 0.2) is 78.9 Å². The van der Waals surface area contributed by atoms with Crippen LogP contribution in [0.25, 0.3) is 0 Å². The van der Waals surface area contributed by atoms with E-state index in [4.69, 9.17) is 21.7 Å². The molecule has 2 amide bonds. The number of rotatable bonds is 11. The lowest BCUT2D eigenvalue weighted by molar-refractivity contribution is 0.0952. The van der Waals surface area contributed by atoms with E-state index in [1.807, 2.05) is 37.3 Å². The standard InChI is InChI=1S/C27H29N3O4S/c1-2-33-17-18-34-22-12-8-11-21(19-22)25(31)30-27(35)29-24-14-7-6-13-23(24)26(32)28-16-15-20-9-4-3-5-10-20/h3-14,19H,2,15-18H2,1H3,(H,28,32)(H2,29,30,31,35). The number of carbonyl (C=O) groups excluding carboxylic acids is 2. The number of hydrogen-bond donors (Lipinski definition) is 3. The molecule has 0 radical (unpaired) electrons. The third-order valence-corrected chi connectivity index (χ3v) is 5.19. The first-order chi connectivity index (χ1) is 17.1. The Labute approximate surface area is 210 Å². The molecule has 0 fully saturated rings. The number of para-hydroxylation sites is 1. The highest BCUT2D eigenvalue weighted by atomic mass is 32.1. The quantitative estimate of drug-likeness (QED) is 0.275. The van der Waals surface area contributed by atoms with Gasteiger partial charge in [-0.25, -0.2) is 0 Å². The average molecular weight is 492 g/mol. The van der Waals surface area contributed by atoms with Crippen LogP contribution < -0.4 is 20.7 Å². The van der Waals surface area contributed by atoms with Crippen molar-refractivity contribution >= 4 is 34.8 Å². The van der Waals surface area contributed by atoms with E-state index in [0.29, 0.717) is 48.9 Å². The summed E-state index contributed by atoms with van der Waals surface area (Å²) >= 11 is 5.32. The molecule has 3 rings (SSSR count). The van der Waals surface area contributed by atoms with Gasteiger partial charge in [0.1, 0.15) is 12.4 Å². The Kier molecular flexibility index (Phi) is 10.2. The largest absolute Gasteiger partial charge is 0.491 e. The van der Waals surface area contributed by atoms with E-state index in [1.165, 1.54) is 0 Å². The highest BCUT2D eigenvalue weighted by molar-refractivity contribution is 7.80. The first kappa shape index (κ1) is 25.9. The van der Waals surface area contributed by atoms with Gasteiger partial charge >= 0.3 is 0 Å². The minimum absolute atomic E-state index is 0.0854. The lowest BCUT2D eigenvalue weighted by atomic mass is 10.1. The van der Waals surface area contributed by atoms with Crippen LogP contribution in [0.4, 0.5) is 5.69 Å². The number of thiocarbonyl (C=S) groups is 1. The molecular formula is C27H29N3O4S. The Hall–Kier alpha value is -3.75. The molecule has 182 valence electrons. The van der Waals surface area contributed by atoms with Crippen LogP contribution in [0.3, 0.4) is 0 Å². The van der Waals surface area contributed by atoms with Crippen molar-refractivity contribution in [2.24, 2.45) is 0 Å². The molecule has 7 nitrogen and oxygen atoms in total. The lowest BCUT2D eigenvalue weighted by Crippen LogP contribution is -2.35. The first-order valence-electron chi connectivity index (χ1n) is 11.4. The maximum absolute atomic E-state index is 12.7. The van der Waals surface area contributed by atoms with E-state index in [0.717, 1.165) is 12.0 Å². The molecule has 0 spiro atoms. The van der Waals surface area contributed by atoms with Crippen molar-refractivity contribution in [3.8, 4) is 5.75 Å². The second-order valence-corrected chi connectivity index (χ2v) is 7.93. The van der Waals surface area contributed by atoms with Crippen LogP contribution in [0.1, 0.15) is 33.2 Å². The van der Waals surface area contributed by atoms with Crippen molar-refractivity contribution in [2.45, 2.75) is 13.3 Å². The molecule has 0 atom stereocenters. The maximum atomic E-state index is 12.7. The molecule has 0 aliphatic rings. The highest BCUT2D eigenvalue weighted by Gasteiger charge is 2.14. The molecule has 3 N–H and O–H groups in total. The lowest BCUT2D eigenvalue weighted by Gasteiger charge is -2.14. The van der Waals surface area contributed by atoms with Crippen LogP contribution in [0.2, 0.25) is 0 Å². The van der Waals surface area contributed by atoms with Crippen LogP contribution >= 0.6 is 12.2 Å². The molecule has 0 heterocycles. The molecule has 3 aromatic rings. The van der Waals surface area contributed by atoms with E-state index in [-0.39, 0.29) is 16.9 Å². The van der Waals surface area contributed by atoms with E-state index in [1.54, 1.807) is 48.5 Å². The smallest absolute Gasteiger partial charge is 0.257 e. The molecule has 3 aromatic carbocycles. The van der Waals surface area contributed by atoms with Crippen molar-refractivity contribution in [3.05, 3.63) is 95.6 Å². The fourth-order valence-electron chi connectivity index (χ4n) is 3.27. The second-order valence-electron chi connectivity index (χ2n) is 7.52. The zero-order chi connectivity index (χ0) is 24.9. The summed E-state index contributed by atoms with van der Waals surface area (Å²) in [5, 5.41) is 8.61. The Morgan fingerprint density at radius 1 is 0.886 bits per heavy atom. The number of anilines is 1. The number of carbonyl (C=O) groups is 2. The van der Waals surface area contributed by atoms with Crippen molar-refractivity contribution in [3.63, 3.8) is 0 Å². The van der Waals surface area contributed by atoms with Gasteiger partial charge in [0, 0.05) is 18.7 Å². The van der Waals surface area contributed by atoms with Gasteiger partial charge in [-0.15, -0.1) is 0 Å². The third kappa shape index (κ3) is 8.51. The monoisotopic (exact) mass is 491 g/mol. The number of ether oxygens (including phenoxy) is 2. The van der Waals surface area contributed by atoms with Gasteiger partial charge in [-0.05, 0) is 61.5 Å². The van der Waals surface area contributed by atoms with Gasteiger partial charge in [0.2, 0.25) is 0 Å². The van der Waals surface area contributed by atoms with Crippen LogP contribution in [-0.2, 0) is 11.2 Å². The molecule has 0 aliphatic carbocycles. The second kappa shape index (κ2) is 13.8. The summed E-state index contributed by atoms with van der Waals surface area (Å²) in [5.74, 6) is -0.0497. The topological polar surface area (TPSA) is 88.7 Å². The Morgan fingerprint density at radius 2 is 1.66 bits per heavy atom. The van der Waals surface area contributed by atoms with E-state index < -0.39 is 0 Å². The van der Waals surface area contributed by atoms with E-state index in [9.17, 15) is 9.59 Å². The summed E-state index contributed by atoms with van der Waals surface area (Å²) in [6, 6.07) is 23.7. The predicted molar refractivity (Wildman–Crippen MR) is 141 cm³/mol. The van der Waals surface area contributed by atoms with E-state index in [2.05, 4.69) is 16.0 Å². The summed E-state index contributed by atoms with van der Waals surface area (Å²) in [6.45, 7) is 3.90. The summed E-state index contributed by atoms with van der Waals surface area (Å²) in [4.78, 5) is 25.4. The van der Waals surface area contributed by atoms with Crippen LogP contribution in [0, 0.1) is 0 Å². The molecule has 0 saturated carbocycles. The Balaban J connectivity index is 1.54. The van der Waals surface area contributed by atoms with Gasteiger partial charge < -0.3 is 20.1 Å². The molecule has 0 saturated heterocycles. The zero-order valence-corrected chi connectivity index (χ0v) is 20.4. The van der Waals surface area contributed by atoms with Gasteiger partial charge in [-0.2, -0.15) is 0 Å². The summed E-state index contributed by atoms with van der Waals surface area (Å²) in [6.07, 6.45) is 0.727. The number of amides is 2. The fourth-order valence-corrected chi connectivity index (χ4v) is 3.47. The van der Waals surface area contributed by atoms with Gasteiger partial charge in [-0.1, -0.05) is 48.5 Å². The highest BCUT2D eigenvalue weighted by Crippen LogP contribution is 2.16. The number of nitrogens with one attached hydrogen (secondary N) is 3. The van der Waals surface area contributed by atoms with Crippen LogP contribution in [0.5, 0.6) is 5.75 Å². The van der Waals surface area contributed by atoms with Gasteiger partial charge in [0.05, 0.1) is 17.9 Å². The number of hydrogen-bond acceptors (Lipinski definition) is 5. The van der Waals surface area contributed by atoms with E-state index >= 15 is 0 Å². The van der Waals surface area contributed by atoms with Gasteiger partial charge in [-0.3, -0.25) is 14.9 Å². The molecule has 0 unspecified atom stereocenters. The maximum Gasteiger partial charge on any atom is 0.257 e. The summed E-state index contributed by atoms with van der Waals surface area (Å²) < 4.78 is 10.9. The normalized spacial score (nSPS) is 10.3. The minimum atomic E-state index is -0.387. The van der Waals surface area contributed by atoms with Crippen molar-refractivity contribution in [1.82, 2.24) is 10.6 Å². The van der Waals surface area contributed by atoms with Crippen molar-refractivity contribution < 1.29 is 19.1 Å². The predicted octanol–water partition coefficient (Wildman–Crippen LogP) is 4.20. The SMILES string of the molecule is CCOCCOc1cccc(C(=O)NC(=S)Nc2ccccc2C(=O)NCCc2ccccc2)c1. The summed E-state index contributed by atoms with van der Waals surface area (Å²) in [5.41, 5.74) is 2.48.